The van der Waals surface area contributed by atoms with Gasteiger partial charge in [0.05, 0.1) is 0 Å². The molecule has 0 aliphatic rings. The van der Waals surface area contributed by atoms with Crippen LogP contribution in [-0.4, -0.2) is 32.2 Å². The lowest BCUT2D eigenvalue weighted by Crippen LogP contribution is -2.24. The van der Waals surface area contributed by atoms with E-state index < -0.39 is 34.4 Å². The van der Waals surface area contributed by atoms with Gasteiger partial charge in [-0.3, -0.25) is 4.79 Å². The SMILES string of the molecule is CC(C)(C)c1ccc(-c2c(C(=O)O)c(N)[nH]c(=O)c2C(=O)O)cc1O. The summed E-state index contributed by atoms with van der Waals surface area (Å²) in [6.45, 7) is 5.62. The quantitative estimate of drug-likeness (QED) is 0.569. The highest BCUT2D eigenvalue weighted by Crippen LogP contribution is 2.36. The van der Waals surface area contributed by atoms with Crippen LogP contribution in [0.3, 0.4) is 0 Å². The van der Waals surface area contributed by atoms with Crippen molar-refractivity contribution in [3.63, 3.8) is 0 Å². The molecule has 0 unspecified atom stereocenters. The molecular formula is C17H18N2O6. The summed E-state index contributed by atoms with van der Waals surface area (Å²) in [4.78, 5) is 37.1. The largest absolute Gasteiger partial charge is 0.508 e. The molecule has 0 radical (unpaired) electrons. The van der Waals surface area contributed by atoms with Crippen LogP contribution in [0.15, 0.2) is 23.0 Å². The van der Waals surface area contributed by atoms with Crippen molar-refractivity contribution >= 4 is 17.8 Å². The van der Waals surface area contributed by atoms with E-state index in [2.05, 4.69) is 0 Å². The van der Waals surface area contributed by atoms with Crippen LogP contribution in [0.2, 0.25) is 0 Å². The van der Waals surface area contributed by atoms with Gasteiger partial charge < -0.3 is 26.0 Å². The topological polar surface area (TPSA) is 154 Å². The molecule has 0 saturated heterocycles. The lowest BCUT2D eigenvalue weighted by atomic mass is 9.84. The van der Waals surface area contributed by atoms with Crippen LogP contribution in [0.25, 0.3) is 11.1 Å². The van der Waals surface area contributed by atoms with Gasteiger partial charge in [0.25, 0.3) is 5.56 Å². The molecular weight excluding hydrogens is 328 g/mol. The minimum absolute atomic E-state index is 0.0677. The van der Waals surface area contributed by atoms with E-state index in [1.165, 1.54) is 12.1 Å². The molecule has 1 aromatic carbocycles. The molecule has 2 aromatic rings. The number of nitrogens with two attached hydrogens (primary N) is 1. The highest BCUT2D eigenvalue weighted by molar-refractivity contribution is 6.07. The van der Waals surface area contributed by atoms with E-state index in [-0.39, 0.29) is 22.3 Å². The summed E-state index contributed by atoms with van der Waals surface area (Å²) in [5.74, 6) is -3.70. The van der Waals surface area contributed by atoms with Crippen molar-refractivity contribution in [3.8, 4) is 16.9 Å². The second-order valence-corrected chi connectivity index (χ2v) is 6.59. The summed E-state index contributed by atoms with van der Waals surface area (Å²) in [5.41, 5.74) is 3.17. The zero-order valence-corrected chi connectivity index (χ0v) is 13.9. The average Bonchev–Trinajstić information content (AvgIpc) is 2.43. The summed E-state index contributed by atoms with van der Waals surface area (Å²) in [5, 5.41) is 29.0. The number of carboxylic acids is 2. The molecule has 6 N–H and O–H groups in total. The number of carbonyl (C=O) groups is 2. The van der Waals surface area contributed by atoms with Gasteiger partial charge in [-0.15, -0.1) is 0 Å². The lowest BCUT2D eigenvalue weighted by molar-refractivity contribution is 0.0695. The van der Waals surface area contributed by atoms with Crippen molar-refractivity contribution in [3.05, 3.63) is 45.2 Å². The number of pyridine rings is 1. The lowest BCUT2D eigenvalue weighted by Gasteiger charge is -2.21. The molecule has 0 spiro atoms. The first kappa shape index (κ1) is 18.1. The molecule has 0 saturated carbocycles. The van der Waals surface area contributed by atoms with Crippen molar-refractivity contribution < 1.29 is 24.9 Å². The Hall–Kier alpha value is -3.29. The zero-order chi connectivity index (χ0) is 19.1. The van der Waals surface area contributed by atoms with Gasteiger partial charge in [0.2, 0.25) is 0 Å². The van der Waals surface area contributed by atoms with Crippen molar-refractivity contribution in [2.75, 3.05) is 5.73 Å². The molecule has 132 valence electrons. The molecule has 2 rings (SSSR count). The van der Waals surface area contributed by atoms with Crippen LogP contribution in [0, 0.1) is 0 Å². The number of carboxylic acid groups (broad SMARTS) is 2. The van der Waals surface area contributed by atoms with E-state index >= 15 is 0 Å². The number of hydrogen-bond donors (Lipinski definition) is 5. The van der Waals surface area contributed by atoms with Gasteiger partial charge in [-0.1, -0.05) is 32.9 Å². The number of aromatic carboxylic acids is 2. The van der Waals surface area contributed by atoms with Crippen LogP contribution in [0.5, 0.6) is 5.75 Å². The summed E-state index contributed by atoms with van der Waals surface area (Å²) in [6.07, 6.45) is 0. The van der Waals surface area contributed by atoms with Crippen molar-refractivity contribution in [2.45, 2.75) is 26.2 Å². The number of nitrogen functional groups attached to an aromatic ring is 1. The molecule has 0 amide bonds. The first-order chi connectivity index (χ1) is 11.4. The fraction of sp³-hybridized carbons (Fsp3) is 0.235. The second-order valence-electron chi connectivity index (χ2n) is 6.59. The molecule has 0 fully saturated rings. The van der Waals surface area contributed by atoms with Crippen LogP contribution in [-0.2, 0) is 5.41 Å². The molecule has 0 atom stereocenters. The molecule has 0 bridgehead atoms. The van der Waals surface area contributed by atoms with Gasteiger partial charge in [-0.25, -0.2) is 9.59 Å². The van der Waals surface area contributed by atoms with E-state index in [4.69, 9.17) is 5.73 Å². The van der Waals surface area contributed by atoms with E-state index in [0.29, 0.717) is 5.56 Å². The minimum Gasteiger partial charge on any atom is -0.508 e. The van der Waals surface area contributed by atoms with Gasteiger partial charge >= 0.3 is 11.9 Å². The Bertz CT molecular complexity index is 937. The maximum absolute atomic E-state index is 12.0. The van der Waals surface area contributed by atoms with Crippen molar-refractivity contribution in [1.82, 2.24) is 4.98 Å². The number of aromatic nitrogens is 1. The Morgan fingerprint density at radius 3 is 2.08 bits per heavy atom. The Morgan fingerprint density at radius 2 is 1.64 bits per heavy atom. The van der Waals surface area contributed by atoms with Crippen LogP contribution >= 0.6 is 0 Å². The number of benzene rings is 1. The summed E-state index contributed by atoms with van der Waals surface area (Å²) in [7, 11) is 0. The van der Waals surface area contributed by atoms with Gasteiger partial charge in [0.15, 0.2) is 0 Å². The monoisotopic (exact) mass is 346 g/mol. The third kappa shape index (κ3) is 3.18. The fourth-order valence-electron chi connectivity index (χ4n) is 2.66. The molecule has 0 aliphatic carbocycles. The molecule has 25 heavy (non-hydrogen) atoms. The molecule has 1 heterocycles. The van der Waals surface area contributed by atoms with E-state index in [1.54, 1.807) is 6.07 Å². The third-order valence-electron chi connectivity index (χ3n) is 3.77. The predicted molar refractivity (Wildman–Crippen MR) is 91.2 cm³/mol. The Balaban J connectivity index is 2.91. The van der Waals surface area contributed by atoms with Crippen LogP contribution in [0.4, 0.5) is 5.82 Å². The fourth-order valence-corrected chi connectivity index (χ4v) is 2.66. The normalized spacial score (nSPS) is 11.3. The first-order valence-electron chi connectivity index (χ1n) is 7.31. The Kier molecular flexibility index (Phi) is 4.31. The number of nitrogens with one attached hydrogen (secondary N) is 1. The van der Waals surface area contributed by atoms with Gasteiger partial charge in [-0.05, 0) is 22.6 Å². The molecule has 8 nitrogen and oxygen atoms in total. The second kappa shape index (κ2) is 5.97. The highest BCUT2D eigenvalue weighted by atomic mass is 16.4. The van der Waals surface area contributed by atoms with Crippen molar-refractivity contribution in [1.29, 1.82) is 0 Å². The van der Waals surface area contributed by atoms with Crippen LogP contribution < -0.4 is 11.3 Å². The number of phenolic OH excluding ortho intramolecular Hbond substituents is 1. The van der Waals surface area contributed by atoms with Gasteiger partial charge in [0, 0.05) is 5.56 Å². The maximum Gasteiger partial charge on any atom is 0.342 e. The Labute approximate surface area is 142 Å². The van der Waals surface area contributed by atoms with E-state index in [0.717, 1.165) is 0 Å². The number of aromatic hydroxyl groups is 1. The Morgan fingerprint density at radius 1 is 1.08 bits per heavy atom. The standard InChI is InChI=1S/C17H18N2O6/c1-17(2,3)8-5-4-7(6-9(8)20)10-11(15(22)23)13(18)19-14(21)12(10)16(24)25/h4-6,20H,1-3H3,(H,22,23)(H,24,25)(H3,18,19,21). The molecule has 1 aromatic heterocycles. The first-order valence-corrected chi connectivity index (χ1v) is 7.31. The van der Waals surface area contributed by atoms with Crippen molar-refractivity contribution in [2.24, 2.45) is 0 Å². The van der Waals surface area contributed by atoms with Gasteiger partial charge in [-0.2, -0.15) is 0 Å². The summed E-state index contributed by atoms with van der Waals surface area (Å²) >= 11 is 0. The predicted octanol–water partition coefficient (Wildman–Crippen LogP) is 2.02. The third-order valence-corrected chi connectivity index (χ3v) is 3.77. The number of H-pyrrole nitrogens is 1. The number of anilines is 1. The van der Waals surface area contributed by atoms with E-state index in [1.807, 2.05) is 25.8 Å². The molecule has 8 heteroatoms. The minimum atomic E-state index is -1.60. The van der Waals surface area contributed by atoms with E-state index in [9.17, 15) is 29.7 Å². The number of aromatic amines is 1. The smallest absolute Gasteiger partial charge is 0.342 e. The number of hydrogen-bond acceptors (Lipinski definition) is 5. The summed E-state index contributed by atoms with van der Waals surface area (Å²) < 4.78 is 0. The highest BCUT2D eigenvalue weighted by Gasteiger charge is 2.27. The maximum atomic E-state index is 12.0. The van der Waals surface area contributed by atoms with Crippen LogP contribution in [0.1, 0.15) is 47.1 Å². The number of phenols is 1. The van der Waals surface area contributed by atoms with Gasteiger partial charge in [0.1, 0.15) is 22.7 Å². The average molecular weight is 346 g/mol. The summed E-state index contributed by atoms with van der Waals surface area (Å²) in [6, 6.07) is 4.24. The number of rotatable bonds is 3. The molecule has 0 aliphatic heterocycles. The zero-order valence-electron chi connectivity index (χ0n) is 13.9.